The van der Waals surface area contributed by atoms with E-state index in [1.54, 1.807) is 19.2 Å². The van der Waals surface area contributed by atoms with Crippen molar-refractivity contribution in [3.63, 3.8) is 0 Å². The maximum atomic E-state index is 13.4. The molecule has 112 valence electrons. The van der Waals surface area contributed by atoms with E-state index < -0.39 is 0 Å². The molecule has 0 saturated carbocycles. The largest absolute Gasteiger partial charge is 0.496 e. The van der Waals surface area contributed by atoms with Gasteiger partial charge in [-0.25, -0.2) is 4.39 Å². The van der Waals surface area contributed by atoms with Crippen LogP contribution in [0.1, 0.15) is 24.1 Å². The van der Waals surface area contributed by atoms with Crippen LogP contribution in [0.25, 0.3) is 0 Å². The number of hydrogen-bond donors (Lipinski definition) is 1. The lowest BCUT2D eigenvalue weighted by Gasteiger charge is -2.19. The van der Waals surface area contributed by atoms with Crippen molar-refractivity contribution in [3.05, 3.63) is 53.3 Å². The molecule has 1 N–H and O–H groups in total. The van der Waals surface area contributed by atoms with Gasteiger partial charge in [0.15, 0.2) is 11.6 Å². The summed E-state index contributed by atoms with van der Waals surface area (Å²) in [6, 6.07) is 10.8. The van der Waals surface area contributed by atoms with E-state index in [9.17, 15) is 4.39 Å². The van der Waals surface area contributed by atoms with Gasteiger partial charge in [0.25, 0.3) is 0 Å². The topological polar surface area (TPSA) is 30.5 Å². The zero-order valence-corrected chi connectivity index (χ0v) is 12.7. The Balaban J connectivity index is 2.25. The van der Waals surface area contributed by atoms with Gasteiger partial charge in [-0.15, -0.1) is 0 Å². The maximum absolute atomic E-state index is 13.4. The lowest BCUT2D eigenvalue weighted by atomic mass is 10.0. The molecule has 0 heterocycles. The van der Waals surface area contributed by atoms with Gasteiger partial charge in [-0.3, -0.25) is 0 Å². The summed E-state index contributed by atoms with van der Waals surface area (Å²) in [4.78, 5) is 0. The van der Waals surface area contributed by atoms with Gasteiger partial charge in [-0.05, 0) is 32.0 Å². The van der Waals surface area contributed by atoms with E-state index in [2.05, 4.69) is 11.4 Å². The number of methoxy groups -OCH3 is 2. The summed E-state index contributed by atoms with van der Waals surface area (Å²) in [6.45, 7) is 4.07. The molecule has 0 aliphatic rings. The van der Waals surface area contributed by atoms with Crippen molar-refractivity contribution in [3.8, 4) is 11.5 Å². The fourth-order valence-corrected chi connectivity index (χ4v) is 2.27. The van der Waals surface area contributed by atoms with Gasteiger partial charge >= 0.3 is 0 Å². The molecule has 1 unspecified atom stereocenters. The fraction of sp³-hybridized carbons (Fsp3) is 0.294. The number of hydrogen-bond acceptors (Lipinski definition) is 3. The third-order valence-corrected chi connectivity index (χ3v) is 3.39. The molecule has 0 fully saturated rings. The zero-order chi connectivity index (χ0) is 15.4. The Morgan fingerprint density at radius 3 is 2.38 bits per heavy atom. The molecule has 21 heavy (non-hydrogen) atoms. The SMILES string of the molecule is COc1cc(NC(C)c2cc(C)ccc2OC)ccc1F. The van der Waals surface area contributed by atoms with E-state index in [1.807, 2.05) is 26.0 Å². The van der Waals surface area contributed by atoms with E-state index in [4.69, 9.17) is 9.47 Å². The molecule has 2 aromatic rings. The molecule has 2 rings (SSSR count). The summed E-state index contributed by atoms with van der Waals surface area (Å²) in [5, 5.41) is 3.34. The second-order valence-corrected chi connectivity index (χ2v) is 4.96. The number of benzene rings is 2. The Morgan fingerprint density at radius 1 is 1.00 bits per heavy atom. The fourth-order valence-electron chi connectivity index (χ4n) is 2.27. The summed E-state index contributed by atoms with van der Waals surface area (Å²) in [7, 11) is 3.11. The highest BCUT2D eigenvalue weighted by Crippen LogP contribution is 2.30. The Morgan fingerprint density at radius 2 is 1.71 bits per heavy atom. The Bertz CT molecular complexity index is 628. The van der Waals surface area contributed by atoms with Crippen LogP contribution in [0.5, 0.6) is 11.5 Å². The van der Waals surface area contributed by atoms with Gasteiger partial charge in [0.1, 0.15) is 5.75 Å². The summed E-state index contributed by atoms with van der Waals surface area (Å²) in [5.74, 6) is 0.682. The molecular weight excluding hydrogens is 269 g/mol. The van der Waals surface area contributed by atoms with Crippen LogP contribution in [0, 0.1) is 12.7 Å². The van der Waals surface area contributed by atoms with Crippen LogP contribution in [0.15, 0.2) is 36.4 Å². The van der Waals surface area contributed by atoms with Crippen LogP contribution in [-0.4, -0.2) is 14.2 Å². The molecule has 1 atom stereocenters. The molecule has 3 nitrogen and oxygen atoms in total. The van der Waals surface area contributed by atoms with Gasteiger partial charge in [-0.1, -0.05) is 17.7 Å². The van der Waals surface area contributed by atoms with Gasteiger partial charge in [0.05, 0.1) is 20.3 Å². The summed E-state index contributed by atoms with van der Waals surface area (Å²) in [5.41, 5.74) is 3.02. The number of rotatable bonds is 5. The zero-order valence-electron chi connectivity index (χ0n) is 12.7. The minimum absolute atomic E-state index is 0.0232. The van der Waals surface area contributed by atoms with Crippen molar-refractivity contribution in [2.75, 3.05) is 19.5 Å². The van der Waals surface area contributed by atoms with Crippen LogP contribution >= 0.6 is 0 Å². The Hall–Kier alpha value is -2.23. The van der Waals surface area contributed by atoms with E-state index in [-0.39, 0.29) is 17.6 Å². The third-order valence-electron chi connectivity index (χ3n) is 3.39. The molecule has 0 saturated heterocycles. The molecule has 0 radical (unpaired) electrons. The van der Waals surface area contributed by atoms with Gasteiger partial charge in [0.2, 0.25) is 0 Å². The van der Waals surface area contributed by atoms with Crippen molar-refractivity contribution >= 4 is 5.69 Å². The molecule has 0 amide bonds. The molecule has 2 aromatic carbocycles. The van der Waals surface area contributed by atoms with Gasteiger partial charge in [0, 0.05) is 17.3 Å². The van der Waals surface area contributed by atoms with Crippen molar-refractivity contribution < 1.29 is 13.9 Å². The maximum Gasteiger partial charge on any atom is 0.165 e. The average molecular weight is 289 g/mol. The molecular formula is C17H20FNO2. The van der Waals surface area contributed by atoms with Gasteiger partial charge < -0.3 is 14.8 Å². The number of nitrogens with one attached hydrogen (secondary N) is 1. The minimum atomic E-state index is -0.371. The van der Waals surface area contributed by atoms with Crippen molar-refractivity contribution in [1.82, 2.24) is 0 Å². The van der Waals surface area contributed by atoms with E-state index in [1.165, 1.54) is 13.2 Å². The molecule has 0 aliphatic heterocycles. The molecule has 0 spiro atoms. The van der Waals surface area contributed by atoms with Crippen LogP contribution < -0.4 is 14.8 Å². The number of halogens is 1. The molecule has 0 aliphatic carbocycles. The predicted molar refractivity (Wildman–Crippen MR) is 82.7 cm³/mol. The van der Waals surface area contributed by atoms with E-state index in [0.717, 1.165) is 22.6 Å². The quantitative estimate of drug-likeness (QED) is 0.889. The standard InChI is InChI=1S/C17H20FNO2/c1-11-5-8-16(20-3)14(9-11)12(2)19-13-6-7-15(18)17(10-13)21-4/h5-10,12,19H,1-4H3. The van der Waals surface area contributed by atoms with Crippen molar-refractivity contribution in [2.45, 2.75) is 19.9 Å². The summed E-state index contributed by atoms with van der Waals surface area (Å²) >= 11 is 0. The second kappa shape index (κ2) is 6.48. The molecule has 0 bridgehead atoms. The monoisotopic (exact) mass is 289 g/mol. The molecule has 4 heteroatoms. The first-order valence-corrected chi connectivity index (χ1v) is 6.79. The number of anilines is 1. The van der Waals surface area contributed by atoms with E-state index in [0.29, 0.717) is 0 Å². The van der Waals surface area contributed by atoms with Crippen LogP contribution in [-0.2, 0) is 0 Å². The smallest absolute Gasteiger partial charge is 0.165 e. The number of ether oxygens (including phenoxy) is 2. The van der Waals surface area contributed by atoms with Crippen LogP contribution in [0.2, 0.25) is 0 Å². The van der Waals surface area contributed by atoms with Crippen LogP contribution in [0.3, 0.4) is 0 Å². The predicted octanol–water partition coefficient (Wildman–Crippen LogP) is 4.32. The highest BCUT2D eigenvalue weighted by molar-refractivity contribution is 5.52. The van der Waals surface area contributed by atoms with Crippen LogP contribution in [0.4, 0.5) is 10.1 Å². The average Bonchev–Trinajstić information content (AvgIpc) is 2.49. The van der Waals surface area contributed by atoms with Crippen molar-refractivity contribution in [2.24, 2.45) is 0 Å². The Kier molecular flexibility index (Phi) is 4.68. The first-order chi connectivity index (χ1) is 10.0. The Labute approximate surface area is 124 Å². The third kappa shape index (κ3) is 3.45. The first-order valence-electron chi connectivity index (χ1n) is 6.79. The number of aryl methyl sites for hydroxylation is 1. The highest BCUT2D eigenvalue weighted by atomic mass is 19.1. The second-order valence-electron chi connectivity index (χ2n) is 4.96. The summed E-state index contributed by atoms with van der Waals surface area (Å²) in [6.07, 6.45) is 0. The summed E-state index contributed by atoms with van der Waals surface area (Å²) < 4.78 is 23.8. The minimum Gasteiger partial charge on any atom is -0.496 e. The lowest BCUT2D eigenvalue weighted by molar-refractivity contribution is 0.386. The highest BCUT2D eigenvalue weighted by Gasteiger charge is 2.12. The van der Waals surface area contributed by atoms with Crippen molar-refractivity contribution in [1.29, 1.82) is 0 Å². The lowest BCUT2D eigenvalue weighted by Crippen LogP contribution is -2.08. The van der Waals surface area contributed by atoms with E-state index >= 15 is 0 Å². The first kappa shape index (κ1) is 15.2. The van der Waals surface area contributed by atoms with Gasteiger partial charge in [-0.2, -0.15) is 0 Å². The normalized spacial score (nSPS) is 11.9. The molecule has 0 aromatic heterocycles.